The van der Waals surface area contributed by atoms with Crippen LogP contribution < -0.4 is 5.32 Å². The van der Waals surface area contributed by atoms with Crippen LogP contribution in [-0.4, -0.2) is 22.6 Å². The molecule has 0 unspecified atom stereocenters. The van der Waals surface area contributed by atoms with Crippen LogP contribution in [0.5, 0.6) is 0 Å². The molecule has 1 aromatic rings. The van der Waals surface area contributed by atoms with Gasteiger partial charge in [0.1, 0.15) is 12.1 Å². The van der Waals surface area contributed by atoms with Crippen LogP contribution in [-0.2, 0) is 6.54 Å². The van der Waals surface area contributed by atoms with E-state index in [0.29, 0.717) is 11.6 Å². The normalized spacial score (nSPS) is 15.3. The third-order valence-electron chi connectivity index (χ3n) is 2.69. The van der Waals surface area contributed by atoms with Crippen LogP contribution in [0.3, 0.4) is 0 Å². The van der Waals surface area contributed by atoms with E-state index in [1.807, 2.05) is 12.1 Å². The molecule has 76 valence electrons. The van der Waals surface area contributed by atoms with Gasteiger partial charge in [0.2, 0.25) is 0 Å². The third kappa shape index (κ3) is 1.83. The van der Waals surface area contributed by atoms with E-state index in [-0.39, 0.29) is 5.69 Å². The maximum atomic E-state index is 8.88. The number of hydrogen-bond donors (Lipinski definition) is 1. The molecular formula is C10H11N5. The predicted molar refractivity (Wildman–Crippen MR) is 52.6 cm³/mol. The standard InChI is InChI=1S/C10H11N5/c11-3-9-10(4-12)15(7-14-9)2-1-8-5-13-6-8/h7-8,13H,1-2,5-6H2. The summed E-state index contributed by atoms with van der Waals surface area (Å²) in [6.45, 7) is 2.88. The number of aromatic nitrogens is 2. The Morgan fingerprint density at radius 3 is 2.80 bits per heavy atom. The fourth-order valence-electron chi connectivity index (χ4n) is 1.63. The van der Waals surface area contributed by atoms with Crippen LogP contribution >= 0.6 is 0 Å². The van der Waals surface area contributed by atoms with Crippen LogP contribution in [0.1, 0.15) is 17.8 Å². The molecule has 0 amide bonds. The molecule has 15 heavy (non-hydrogen) atoms. The van der Waals surface area contributed by atoms with Gasteiger partial charge in [-0.05, 0) is 25.4 Å². The van der Waals surface area contributed by atoms with Gasteiger partial charge >= 0.3 is 0 Å². The van der Waals surface area contributed by atoms with Crippen molar-refractivity contribution in [2.24, 2.45) is 5.92 Å². The van der Waals surface area contributed by atoms with Crippen LogP contribution in [0, 0.1) is 28.6 Å². The fourth-order valence-corrected chi connectivity index (χ4v) is 1.63. The molecule has 0 radical (unpaired) electrons. The molecule has 1 fully saturated rings. The summed E-state index contributed by atoms with van der Waals surface area (Å²) in [6, 6.07) is 3.93. The summed E-state index contributed by atoms with van der Waals surface area (Å²) in [4.78, 5) is 3.89. The Kier molecular flexibility index (Phi) is 2.66. The summed E-state index contributed by atoms with van der Waals surface area (Å²) in [5, 5.41) is 20.8. The Labute approximate surface area is 88.0 Å². The second-order valence-electron chi connectivity index (χ2n) is 3.67. The molecule has 0 saturated carbocycles. The second kappa shape index (κ2) is 4.12. The zero-order valence-corrected chi connectivity index (χ0v) is 8.27. The van der Waals surface area contributed by atoms with Crippen molar-refractivity contribution in [2.45, 2.75) is 13.0 Å². The molecule has 1 saturated heterocycles. The van der Waals surface area contributed by atoms with E-state index in [4.69, 9.17) is 10.5 Å². The van der Waals surface area contributed by atoms with Gasteiger partial charge in [-0.15, -0.1) is 0 Å². The lowest BCUT2D eigenvalue weighted by atomic mass is 9.99. The Bertz CT molecular complexity index is 430. The van der Waals surface area contributed by atoms with Crippen molar-refractivity contribution in [3.63, 3.8) is 0 Å². The average Bonchev–Trinajstić information content (AvgIpc) is 2.57. The van der Waals surface area contributed by atoms with E-state index >= 15 is 0 Å². The lowest BCUT2D eigenvalue weighted by Gasteiger charge is -2.27. The molecule has 1 aliphatic rings. The average molecular weight is 201 g/mol. The number of aryl methyl sites for hydroxylation is 1. The van der Waals surface area contributed by atoms with Gasteiger partial charge in [0.15, 0.2) is 11.4 Å². The lowest BCUT2D eigenvalue weighted by molar-refractivity contribution is 0.311. The molecular weight excluding hydrogens is 190 g/mol. The van der Waals surface area contributed by atoms with Gasteiger partial charge in [-0.25, -0.2) is 4.98 Å². The molecule has 1 aromatic heterocycles. The monoisotopic (exact) mass is 201 g/mol. The van der Waals surface area contributed by atoms with Gasteiger partial charge in [-0.1, -0.05) is 0 Å². The molecule has 2 heterocycles. The summed E-state index contributed by atoms with van der Waals surface area (Å²) >= 11 is 0. The number of hydrogen-bond acceptors (Lipinski definition) is 4. The summed E-state index contributed by atoms with van der Waals surface area (Å²) in [5.74, 6) is 0.699. The number of nitrogens with zero attached hydrogens (tertiary/aromatic N) is 4. The molecule has 0 atom stereocenters. The second-order valence-corrected chi connectivity index (χ2v) is 3.67. The third-order valence-corrected chi connectivity index (χ3v) is 2.69. The van der Waals surface area contributed by atoms with Crippen LogP contribution in [0.25, 0.3) is 0 Å². The van der Waals surface area contributed by atoms with Gasteiger partial charge in [-0.2, -0.15) is 10.5 Å². The number of nitriles is 2. The van der Waals surface area contributed by atoms with E-state index < -0.39 is 0 Å². The molecule has 0 aliphatic carbocycles. The van der Waals surface area contributed by atoms with Crippen molar-refractivity contribution in [1.82, 2.24) is 14.9 Å². The van der Waals surface area contributed by atoms with E-state index in [0.717, 1.165) is 26.1 Å². The van der Waals surface area contributed by atoms with Gasteiger partial charge in [0.05, 0.1) is 6.33 Å². The number of imidazole rings is 1. The zero-order valence-electron chi connectivity index (χ0n) is 8.27. The fraction of sp³-hybridized carbons (Fsp3) is 0.500. The first-order valence-electron chi connectivity index (χ1n) is 4.91. The Morgan fingerprint density at radius 1 is 1.47 bits per heavy atom. The Balaban J connectivity index is 2.04. The quantitative estimate of drug-likeness (QED) is 0.759. The Hall–Kier alpha value is -1.85. The number of nitrogens with one attached hydrogen (secondary N) is 1. The highest BCUT2D eigenvalue weighted by Crippen LogP contribution is 2.12. The number of rotatable bonds is 3. The summed E-state index contributed by atoms with van der Waals surface area (Å²) in [5.41, 5.74) is 0.606. The highest BCUT2D eigenvalue weighted by Gasteiger charge is 2.17. The molecule has 2 rings (SSSR count). The molecule has 1 aliphatic heterocycles. The first-order valence-corrected chi connectivity index (χ1v) is 4.91. The van der Waals surface area contributed by atoms with Crippen LogP contribution in [0.2, 0.25) is 0 Å². The van der Waals surface area contributed by atoms with Crippen LogP contribution in [0.4, 0.5) is 0 Å². The first-order chi connectivity index (χ1) is 7.35. The largest absolute Gasteiger partial charge is 0.321 e. The molecule has 0 spiro atoms. The minimum Gasteiger partial charge on any atom is -0.321 e. The maximum Gasteiger partial charge on any atom is 0.176 e. The van der Waals surface area contributed by atoms with Gasteiger partial charge < -0.3 is 9.88 Å². The summed E-state index contributed by atoms with van der Waals surface area (Å²) in [7, 11) is 0. The van der Waals surface area contributed by atoms with Crippen molar-refractivity contribution >= 4 is 0 Å². The van der Waals surface area contributed by atoms with E-state index in [9.17, 15) is 0 Å². The van der Waals surface area contributed by atoms with Crippen molar-refractivity contribution in [3.05, 3.63) is 17.7 Å². The van der Waals surface area contributed by atoms with E-state index in [1.165, 1.54) is 0 Å². The molecule has 0 aromatic carbocycles. The first kappa shape index (κ1) is 9.70. The molecule has 5 nitrogen and oxygen atoms in total. The van der Waals surface area contributed by atoms with Gasteiger partial charge in [-0.3, -0.25) is 0 Å². The minimum atomic E-state index is 0.226. The minimum absolute atomic E-state index is 0.226. The van der Waals surface area contributed by atoms with Crippen LogP contribution in [0.15, 0.2) is 6.33 Å². The van der Waals surface area contributed by atoms with E-state index in [2.05, 4.69) is 10.3 Å². The topological polar surface area (TPSA) is 77.4 Å². The lowest BCUT2D eigenvalue weighted by Crippen LogP contribution is -2.42. The van der Waals surface area contributed by atoms with Crippen molar-refractivity contribution in [1.29, 1.82) is 10.5 Å². The van der Waals surface area contributed by atoms with Crippen molar-refractivity contribution in [3.8, 4) is 12.1 Å². The highest BCUT2D eigenvalue weighted by molar-refractivity contribution is 5.35. The van der Waals surface area contributed by atoms with E-state index in [1.54, 1.807) is 10.9 Å². The SMILES string of the molecule is N#Cc1ncn(CCC2CNC2)c1C#N. The zero-order chi connectivity index (χ0) is 10.7. The molecule has 5 heteroatoms. The molecule has 1 N–H and O–H groups in total. The smallest absolute Gasteiger partial charge is 0.176 e. The van der Waals surface area contributed by atoms with Crippen molar-refractivity contribution < 1.29 is 0 Å². The van der Waals surface area contributed by atoms with Crippen molar-refractivity contribution in [2.75, 3.05) is 13.1 Å². The van der Waals surface area contributed by atoms with Gasteiger partial charge in [0.25, 0.3) is 0 Å². The highest BCUT2D eigenvalue weighted by atomic mass is 15.1. The van der Waals surface area contributed by atoms with Gasteiger partial charge in [0, 0.05) is 6.54 Å². The summed E-state index contributed by atoms with van der Waals surface area (Å²) in [6.07, 6.45) is 2.60. The molecule has 0 bridgehead atoms. The maximum absolute atomic E-state index is 8.88. The Morgan fingerprint density at radius 2 is 2.27 bits per heavy atom. The predicted octanol–water partition coefficient (Wildman–Crippen LogP) is 0.236. The summed E-state index contributed by atoms with van der Waals surface area (Å²) < 4.78 is 1.76.